The molecule has 0 saturated carbocycles. The van der Waals surface area contributed by atoms with Crippen LogP contribution in [0.2, 0.25) is 0 Å². The monoisotopic (exact) mass is 520 g/mol. The third kappa shape index (κ3) is 3.19. The van der Waals surface area contributed by atoms with E-state index in [1.165, 1.54) is 6.92 Å². The van der Waals surface area contributed by atoms with E-state index in [0.29, 0.717) is 41.4 Å². The van der Waals surface area contributed by atoms with E-state index in [9.17, 15) is 15.2 Å². The van der Waals surface area contributed by atoms with Gasteiger partial charge < -0.3 is 29.8 Å². The number of nitrogens with two attached hydrogens (primary N) is 1. The second kappa shape index (κ2) is 8.76. The third-order valence-electron chi connectivity index (χ3n) is 8.73. The van der Waals surface area contributed by atoms with Gasteiger partial charge in [-0.3, -0.25) is 14.6 Å². The van der Waals surface area contributed by atoms with Crippen LogP contribution in [0.1, 0.15) is 52.4 Å². The number of hydrogen-bond donors (Lipinski definition) is 2. The number of hydrogen-bond acceptors (Lipinski definition) is 10. The van der Waals surface area contributed by atoms with Gasteiger partial charge in [0.15, 0.2) is 23.0 Å². The number of aromatic hydroxyl groups is 1. The second-order valence-corrected chi connectivity index (χ2v) is 10.6. The Kier molecular flexibility index (Phi) is 5.72. The number of fused-ring (bicyclic) bond motifs is 9. The van der Waals surface area contributed by atoms with Gasteiger partial charge in [0.25, 0.3) is 0 Å². The molecular formula is C28H32N4O6. The molecule has 0 aliphatic carbocycles. The highest BCUT2D eigenvalue weighted by Gasteiger charge is 2.56. The number of methoxy groups -OCH3 is 1. The minimum Gasteiger partial charge on any atom is -0.504 e. The molecule has 6 rings (SSSR count). The molecule has 4 aliphatic rings. The minimum absolute atomic E-state index is 0.0585. The Bertz CT molecular complexity index is 1400. The molecule has 2 aromatic carbocycles. The highest BCUT2D eigenvalue weighted by molar-refractivity contribution is 5.74. The van der Waals surface area contributed by atoms with Gasteiger partial charge in [-0.05, 0) is 44.9 Å². The van der Waals surface area contributed by atoms with Crippen molar-refractivity contribution in [2.24, 2.45) is 5.73 Å². The van der Waals surface area contributed by atoms with Gasteiger partial charge in [-0.15, -0.1) is 0 Å². The molecule has 0 spiro atoms. The van der Waals surface area contributed by atoms with Crippen LogP contribution in [0.5, 0.6) is 28.7 Å². The fourth-order valence-electron chi connectivity index (χ4n) is 7.34. The number of ether oxygens (including phenoxy) is 4. The highest BCUT2D eigenvalue weighted by atomic mass is 16.7. The largest absolute Gasteiger partial charge is 0.504 e. The van der Waals surface area contributed by atoms with E-state index in [1.54, 1.807) is 7.11 Å². The first kappa shape index (κ1) is 24.8. The number of phenols is 1. The van der Waals surface area contributed by atoms with E-state index in [1.807, 2.05) is 20.9 Å². The summed E-state index contributed by atoms with van der Waals surface area (Å²) >= 11 is 0. The van der Waals surface area contributed by atoms with Crippen LogP contribution in [0.3, 0.4) is 0 Å². The summed E-state index contributed by atoms with van der Waals surface area (Å²) < 4.78 is 23.1. The van der Waals surface area contributed by atoms with Crippen molar-refractivity contribution in [2.45, 2.75) is 63.8 Å². The van der Waals surface area contributed by atoms with Crippen LogP contribution in [0.4, 0.5) is 0 Å². The topological polar surface area (TPSA) is 131 Å². The van der Waals surface area contributed by atoms with Crippen molar-refractivity contribution >= 4 is 5.97 Å². The Morgan fingerprint density at radius 2 is 1.95 bits per heavy atom. The zero-order chi connectivity index (χ0) is 27.0. The molecule has 2 bridgehead atoms. The lowest BCUT2D eigenvalue weighted by Crippen LogP contribution is -2.68. The SMILES string of the molecule is COc1c(C)cc2c(c1O)[C@@H]1C3Cc4c(OC(C)=O)c(C)c5c(c4[C@H](CN)N3[C@@H](C#N)C(C2)N1C)OCO5. The van der Waals surface area contributed by atoms with Gasteiger partial charge in [0.1, 0.15) is 11.8 Å². The normalized spacial score (nSPS) is 27.1. The Labute approximate surface area is 221 Å². The number of aryl methyl sites for hydroxylation is 1. The third-order valence-corrected chi connectivity index (χ3v) is 8.73. The van der Waals surface area contributed by atoms with Gasteiger partial charge in [-0.2, -0.15) is 5.26 Å². The molecule has 1 fully saturated rings. The first-order valence-corrected chi connectivity index (χ1v) is 12.8. The van der Waals surface area contributed by atoms with E-state index in [4.69, 9.17) is 24.7 Å². The second-order valence-electron chi connectivity index (χ2n) is 10.6. The van der Waals surface area contributed by atoms with Crippen molar-refractivity contribution in [3.63, 3.8) is 0 Å². The average Bonchev–Trinajstić information content (AvgIpc) is 3.36. The maximum absolute atomic E-state index is 12.2. The van der Waals surface area contributed by atoms with Crippen LogP contribution in [0.15, 0.2) is 6.07 Å². The van der Waals surface area contributed by atoms with Crippen LogP contribution < -0.4 is 24.7 Å². The summed E-state index contributed by atoms with van der Waals surface area (Å²) in [4.78, 5) is 16.6. The number of benzene rings is 2. The molecule has 4 aliphatic heterocycles. The molecule has 0 aromatic heterocycles. The van der Waals surface area contributed by atoms with E-state index in [2.05, 4.69) is 21.9 Å². The Hall–Kier alpha value is -3.52. The predicted octanol–water partition coefficient (Wildman–Crippen LogP) is 2.40. The predicted molar refractivity (Wildman–Crippen MR) is 137 cm³/mol. The molecule has 2 aromatic rings. The van der Waals surface area contributed by atoms with Gasteiger partial charge in [0.05, 0.1) is 25.3 Å². The molecular weight excluding hydrogens is 488 g/mol. The maximum atomic E-state index is 12.2. The molecule has 2 unspecified atom stereocenters. The van der Waals surface area contributed by atoms with Crippen LogP contribution in [0, 0.1) is 25.2 Å². The molecule has 1 saturated heterocycles. The number of rotatable bonds is 3. The van der Waals surface area contributed by atoms with E-state index < -0.39 is 12.0 Å². The summed E-state index contributed by atoms with van der Waals surface area (Å²) in [6, 6.07) is 3.20. The summed E-state index contributed by atoms with van der Waals surface area (Å²) in [6.45, 7) is 5.42. The molecule has 0 amide bonds. The van der Waals surface area contributed by atoms with Gasteiger partial charge in [-0.1, -0.05) is 6.07 Å². The molecule has 0 radical (unpaired) electrons. The number of carbonyl (C=O) groups is 1. The quantitative estimate of drug-likeness (QED) is 0.459. The van der Waals surface area contributed by atoms with Crippen molar-refractivity contribution in [1.29, 1.82) is 5.26 Å². The summed E-state index contributed by atoms with van der Waals surface area (Å²) in [5.41, 5.74) is 11.5. The van der Waals surface area contributed by atoms with Crippen LogP contribution >= 0.6 is 0 Å². The highest BCUT2D eigenvalue weighted by Crippen LogP contribution is 2.58. The van der Waals surface area contributed by atoms with Crippen molar-refractivity contribution in [1.82, 2.24) is 9.80 Å². The maximum Gasteiger partial charge on any atom is 0.308 e. The van der Waals surface area contributed by atoms with Gasteiger partial charge in [0, 0.05) is 47.8 Å². The van der Waals surface area contributed by atoms with E-state index in [-0.39, 0.29) is 43.3 Å². The number of carbonyl (C=O) groups excluding carboxylic acids is 1. The standard InChI is InChI=1S/C28H32N4O6/c1-12-6-15-7-17-19(9-29)32-18(23(31(17)4)21(15)24(34)25(12)35-5)8-16-22(20(32)10-30)28-27(36-11-37-28)13(2)26(16)38-14(3)33/h6,17-20,23,34H,7-8,10-11,30H2,1-5H3/t17?,18?,19-,20-,23-/m0/s1. The van der Waals surface area contributed by atoms with Gasteiger partial charge in [0.2, 0.25) is 6.79 Å². The van der Waals surface area contributed by atoms with Gasteiger partial charge >= 0.3 is 5.97 Å². The van der Waals surface area contributed by atoms with Crippen LogP contribution in [-0.4, -0.2) is 66.5 Å². The van der Waals surface area contributed by atoms with Crippen LogP contribution in [0.25, 0.3) is 0 Å². The summed E-state index contributed by atoms with van der Waals surface area (Å²) in [7, 11) is 3.57. The lowest BCUT2D eigenvalue weighted by molar-refractivity contribution is -0.132. The average molecular weight is 521 g/mol. The molecule has 10 nitrogen and oxygen atoms in total. The Morgan fingerprint density at radius 3 is 2.61 bits per heavy atom. The molecule has 200 valence electrons. The number of piperazine rings is 1. The van der Waals surface area contributed by atoms with Crippen molar-refractivity contribution in [2.75, 3.05) is 27.5 Å². The first-order chi connectivity index (χ1) is 18.2. The number of likely N-dealkylation sites (N-methyl/N-ethyl adjacent to an activating group) is 1. The van der Waals surface area contributed by atoms with Gasteiger partial charge in [-0.25, -0.2) is 0 Å². The smallest absolute Gasteiger partial charge is 0.308 e. The molecule has 4 heterocycles. The molecule has 10 heteroatoms. The Morgan fingerprint density at radius 1 is 1.21 bits per heavy atom. The van der Waals surface area contributed by atoms with E-state index >= 15 is 0 Å². The number of nitriles is 1. The molecule has 5 atom stereocenters. The first-order valence-electron chi connectivity index (χ1n) is 12.8. The number of esters is 1. The zero-order valence-corrected chi connectivity index (χ0v) is 22.2. The molecule has 3 N–H and O–H groups in total. The minimum atomic E-state index is -0.461. The fraction of sp³-hybridized carbons (Fsp3) is 0.500. The van der Waals surface area contributed by atoms with Crippen molar-refractivity contribution in [3.05, 3.63) is 39.4 Å². The Balaban J connectivity index is 1.62. The van der Waals surface area contributed by atoms with Crippen molar-refractivity contribution in [3.8, 4) is 34.8 Å². The fourth-order valence-corrected chi connectivity index (χ4v) is 7.34. The molecule has 38 heavy (non-hydrogen) atoms. The number of nitrogens with zero attached hydrogens (tertiary/aromatic N) is 3. The van der Waals surface area contributed by atoms with Crippen LogP contribution in [-0.2, 0) is 17.6 Å². The lowest BCUT2D eigenvalue weighted by atomic mass is 9.71. The van der Waals surface area contributed by atoms with Crippen molar-refractivity contribution < 1.29 is 28.8 Å². The number of phenolic OH excluding ortho intramolecular Hbond substituents is 1. The lowest BCUT2D eigenvalue weighted by Gasteiger charge is -2.59. The summed E-state index contributed by atoms with van der Waals surface area (Å²) in [6.07, 6.45) is 1.07. The summed E-state index contributed by atoms with van der Waals surface area (Å²) in [5, 5.41) is 22.0. The zero-order valence-electron chi connectivity index (χ0n) is 22.2. The van der Waals surface area contributed by atoms with E-state index in [0.717, 1.165) is 27.8 Å². The summed E-state index contributed by atoms with van der Waals surface area (Å²) in [5.74, 6) is 1.75.